The molecule has 1 aromatic rings. The maximum Gasteiger partial charge on any atom is 0.235 e. The van der Waals surface area contributed by atoms with Gasteiger partial charge in [-0.15, -0.1) is 11.6 Å². The molecule has 1 unspecified atom stereocenters. The highest BCUT2D eigenvalue weighted by Crippen LogP contribution is 2.24. The Kier molecular flexibility index (Phi) is 6.26. The summed E-state index contributed by atoms with van der Waals surface area (Å²) < 4.78 is 0. The Morgan fingerprint density at radius 1 is 1.48 bits per heavy atom. The molecule has 1 atom stereocenters. The van der Waals surface area contributed by atoms with Crippen LogP contribution in [0.5, 0.6) is 0 Å². The number of pyridine rings is 1. The minimum atomic E-state index is -0.181. The molecule has 0 spiro atoms. The molecular weight excluding hydrogens is 290 g/mol. The van der Waals surface area contributed by atoms with Crippen LogP contribution in [0.3, 0.4) is 0 Å². The summed E-state index contributed by atoms with van der Waals surface area (Å²) in [4.78, 5) is 17.9. The van der Waals surface area contributed by atoms with Crippen molar-refractivity contribution in [3.05, 3.63) is 23.9 Å². The van der Waals surface area contributed by atoms with Gasteiger partial charge in [-0.3, -0.25) is 4.79 Å². The fourth-order valence-electron chi connectivity index (χ4n) is 2.69. The van der Waals surface area contributed by atoms with E-state index in [1.54, 1.807) is 6.20 Å². The Morgan fingerprint density at radius 3 is 3.00 bits per heavy atom. The highest BCUT2D eigenvalue weighted by molar-refractivity contribution is 6.27. The number of aliphatic hydroxyl groups excluding tert-OH is 1. The highest BCUT2D eigenvalue weighted by atomic mass is 35.5. The lowest BCUT2D eigenvalue weighted by molar-refractivity contribution is -0.118. The lowest BCUT2D eigenvalue weighted by Gasteiger charge is -2.36. The van der Waals surface area contributed by atoms with Gasteiger partial charge in [0.2, 0.25) is 5.91 Å². The minimum absolute atomic E-state index is 0.0257. The maximum absolute atomic E-state index is 11.1. The number of amides is 1. The Balaban J connectivity index is 1.98. The van der Waals surface area contributed by atoms with Crippen LogP contribution in [0.4, 0.5) is 5.82 Å². The molecule has 0 aliphatic carbocycles. The fraction of sp³-hybridized carbons (Fsp3) is 0.600. The standard InChI is InChI=1S/C15H22ClN3O2/c16-9-15(21)18-11-12-4-5-14(17-10-12)19-7-2-1-3-13(19)6-8-20/h4-5,10,13,20H,1-3,6-9,11H2,(H,18,21). The van der Waals surface area contributed by atoms with Crippen molar-refractivity contribution in [2.75, 3.05) is 23.9 Å². The van der Waals surface area contributed by atoms with Gasteiger partial charge in [0.25, 0.3) is 0 Å². The molecule has 1 aliphatic heterocycles. The van der Waals surface area contributed by atoms with E-state index in [-0.39, 0.29) is 18.4 Å². The summed E-state index contributed by atoms with van der Waals surface area (Å²) in [6, 6.07) is 4.33. The van der Waals surface area contributed by atoms with E-state index in [4.69, 9.17) is 11.6 Å². The summed E-state index contributed by atoms with van der Waals surface area (Å²) in [5.41, 5.74) is 0.952. The normalized spacial score (nSPS) is 18.6. The van der Waals surface area contributed by atoms with Crippen molar-refractivity contribution < 1.29 is 9.90 Å². The molecule has 1 aliphatic rings. The third-order valence-electron chi connectivity index (χ3n) is 3.80. The van der Waals surface area contributed by atoms with Gasteiger partial charge in [-0.25, -0.2) is 4.98 Å². The number of hydrogen-bond donors (Lipinski definition) is 2. The van der Waals surface area contributed by atoms with Gasteiger partial charge in [-0.05, 0) is 37.3 Å². The molecule has 0 aromatic carbocycles. The second-order valence-electron chi connectivity index (χ2n) is 5.29. The molecule has 6 heteroatoms. The van der Waals surface area contributed by atoms with Crippen molar-refractivity contribution in [1.29, 1.82) is 0 Å². The smallest absolute Gasteiger partial charge is 0.235 e. The first-order valence-corrected chi connectivity index (χ1v) is 7.93. The molecule has 0 radical (unpaired) electrons. The van der Waals surface area contributed by atoms with Crippen LogP contribution in [-0.2, 0) is 11.3 Å². The van der Waals surface area contributed by atoms with E-state index in [1.165, 1.54) is 6.42 Å². The van der Waals surface area contributed by atoms with E-state index in [9.17, 15) is 9.90 Å². The van der Waals surface area contributed by atoms with Gasteiger partial charge in [-0.2, -0.15) is 0 Å². The average Bonchev–Trinajstić information content (AvgIpc) is 2.54. The predicted octanol–water partition coefficient (Wildman–Crippen LogP) is 1.68. The number of hydrogen-bond acceptors (Lipinski definition) is 4. The second kappa shape index (κ2) is 8.20. The van der Waals surface area contributed by atoms with Crippen LogP contribution in [0.15, 0.2) is 18.3 Å². The van der Waals surface area contributed by atoms with Crippen molar-refractivity contribution in [2.45, 2.75) is 38.3 Å². The van der Waals surface area contributed by atoms with Crippen LogP contribution in [-0.4, -0.2) is 41.1 Å². The topological polar surface area (TPSA) is 65.5 Å². The number of piperidine rings is 1. The molecule has 0 bridgehead atoms. The van der Waals surface area contributed by atoms with Gasteiger partial charge >= 0.3 is 0 Å². The first-order chi connectivity index (χ1) is 10.2. The maximum atomic E-state index is 11.1. The Morgan fingerprint density at radius 2 is 2.33 bits per heavy atom. The number of halogens is 1. The van der Waals surface area contributed by atoms with Crippen LogP contribution in [0.25, 0.3) is 0 Å². The summed E-state index contributed by atoms with van der Waals surface area (Å²) in [5, 5.41) is 11.9. The number of anilines is 1. The van der Waals surface area contributed by atoms with Crippen molar-refractivity contribution in [3.63, 3.8) is 0 Å². The number of carbonyl (C=O) groups is 1. The van der Waals surface area contributed by atoms with Gasteiger partial charge in [0.05, 0.1) is 0 Å². The third kappa shape index (κ3) is 4.58. The summed E-state index contributed by atoms with van der Waals surface area (Å²) >= 11 is 5.44. The van der Waals surface area contributed by atoms with E-state index >= 15 is 0 Å². The zero-order valence-electron chi connectivity index (χ0n) is 12.1. The van der Waals surface area contributed by atoms with Crippen LogP contribution in [0.1, 0.15) is 31.2 Å². The number of nitrogens with zero attached hydrogens (tertiary/aromatic N) is 2. The van der Waals surface area contributed by atoms with Gasteiger partial charge in [0, 0.05) is 31.9 Å². The first-order valence-electron chi connectivity index (χ1n) is 7.39. The number of nitrogens with one attached hydrogen (secondary N) is 1. The zero-order valence-corrected chi connectivity index (χ0v) is 12.9. The predicted molar refractivity (Wildman–Crippen MR) is 83.5 cm³/mol. The SMILES string of the molecule is O=C(CCl)NCc1ccc(N2CCCCC2CCO)nc1. The van der Waals surface area contributed by atoms with Crippen molar-refractivity contribution >= 4 is 23.3 Å². The molecule has 0 saturated carbocycles. The second-order valence-corrected chi connectivity index (χ2v) is 5.56. The van der Waals surface area contributed by atoms with E-state index in [2.05, 4.69) is 15.2 Å². The number of aliphatic hydroxyl groups is 1. The van der Waals surface area contributed by atoms with E-state index in [0.717, 1.165) is 37.2 Å². The molecule has 1 amide bonds. The number of aromatic nitrogens is 1. The molecule has 1 fully saturated rings. The molecule has 2 N–H and O–H groups in total. The summed E-state index contributed by atoms with van der Waals surface area (Å²) in [5.74, 6) is 0.739. The van der Waals surface area contributed by atoms with Crippen LogP contribution in [0.2, 0.25) is 0 Å². The van der Waals surface area contributed by atoms with Crippen molar-refractivity contribution in [1.82, 2.24) is 10.3 Å². The largest absolute Gasteiger partial charge is 0.396 e. The average molecular weight is 312 g/mol. The van der Waals surface area contributed by atoms with E-state index < -0.39 is 0 Å². The lowest BCUT2D eigenvalue weighted by Crippen LogP contribution is -2.40. The van der Waals surface area contributed by atoms with Gasteiger partial charge in [-0.1, -0.05) is 6.07 Å². The summed E-state index contributed by atoms with van der Waals surface area (Å²) in [6.07, 6.45) is 6.06. The molecular formula is C15H22ClN3O2. The number of alkyl halides is 1. The number of carbonyl (C=O) groups excluding carboxylic acids is 1. The van der Waals surface area contributed by atoms with Gasteiger partial charge in [0.15, 0.2) is 0 Å². The molecule has 2 rings (SSSR count). The quantitative estimate of drug-likeness (QED) is 0.785. The van der Waals surface area contributed by atoms with Crippen LogP contribution < -0.4 is 10.2 Å². The van der Waals surface area contributed by atoms with Crippen molar-refractivity contribution in [3.8, 4) is 0 Å². The van der Waals surface area contributed by atoms with Crippen LogP contribution in [0, 0.1) is 0 Å². The van der Waals surface area contributed by atoms with Gasteiger partial charge < -0.3 is 15.3 Å². The van der Waals surface area contributed by atoms with E-state index in [0.29, 0.717) is 12.6 Å². The molecule has 5 nitrogen and oxygen atoms in total. The summed E-state index contributed by atoms with van der Waals surface area (Å²) in [6.45, 7) is 1.64. The molecule has 21 heavy (non-hydrogen) atoms. The Bertz CT molecular complexity index is 451. The molecule has 1 saturated heterocycles. The monoisotopic (exact) mass is 311 g/mol. The fourth-order valence-corrected chi connectivity index (χ4v) is 2.78. The molecule has 1 aromatic heterocycles. The zero-order chi connectivity index (χ0) is 15.1. The first kappa shape index (κ1) is 16.0. The Labute approximate surface area is 130 Å². The molecule has 2 heterocycles. The summed E-state index contributed by atoms with van der Waals surface area (Å²) in [7, 11) is 0. The van der Waals surface area contributed by atoms with Gasteiger partial charge in [0.1, 0.15) is 11.7 Å². The van der Waals surface area contributed by atoms with Crippen LogP contribution >= 0.6 is 11.6 Å². The third-order valence-corrected chi connectivity index (χ3v) is 4.05. The van der Waals surface area contributed by atoms with E-state index in [1.807, 2.05) is 12.1 Å². The molecule has 116 valence electrons. The Hall–Kier alpha value is -1.33. The van der Waals surface area contributed by atoms with Crippen molar-refractivity contribution in [2.24, 2.45) is 0 Å². The number of rotatable bonds is 6. The highest BCUT2D eigenvalue weighted by Gasteiger charge is 2.22. The minimum Gasteiger partial charge on any atom is -0.396 e. The lowest BCUT2D eigenvalue weighted by atomic mass is 9.99.